The largest absolute Gasteiger partial charge is 0.343 e. The molecular formula is C16H20N4O2S. The zero-order chi connectivity index (χ0) is 16.6. The molecule has 0 spiro atoms. The van der Waals surface area contributed by atoms with Crippen LogP contribution in [0.1, 0.15) is 13.8 Å². The van der Waals surface area contributed by atoms with E-state index >= 15 is 0 Å². The van der Waals surface area contributed by atoms with Crippen molar-refractivity contribution in [1.29, 1.82) is 0 Å². The average molecular weight is 332 g/mol. The van der Waals surface area contributed by atoms with Gasteiger partial charge in [-0.25, -0.2) is 4.98 Å². The normalized spacial score (nSPS) is 18.4. The van der Waals surface area contributed by atoms with E-state index in [2.05, 4.69) is 10.3 Å². The number of nitrogens with one attached hydrogen (secondary N) is 1. The van der Waals surface area contributed by atoms with Gasteiger partial charge in [0.05, 0.1) is 22.3 Å². The number of para-hydroxylation sites is 1. The van der Waals surface area contributed by atoms with Crippen LogP contribution < -0.4 is 5.32 Å². The quantitative estimate of drug-likeness (QED) is 0.931. The van der Waals surface area contributed by atoms with Crippen molar-refractivity contribution in [3.63, 3.8) is 0 Å². The third kappa shape index (κ3) is 3.07. The highest BCUT2D eigenvalue weighted by Gasteiger charge is 2.41. The van der Waals surface area contributed by atoms with E-state index < -0.39 is 5.54 Å². The van der Waals surface area contributed by atoms with Gasteiger partial charge in [0.25, 0.3) is 0 Å². The molecule has 0 radical (unpaired) electrons. The van der Waals surface area contributed by atoms with Crippen molar-refractivity contribution in [3.05, 3.63) is 24.3 Å². The minimum Gasteiger partial charge on any atom is -0.343 e. The molecule has 122 valence electrons. The fourth-order valence-corrected chi connectivity index (χ4v) is 3.67. The number of amides is 2. The van der Waals surface area contributed by atoms with Crippen LogP contribution in [-0.2, 0) is 9.59 Å². The predicted octanol–water partition coefficient (Wildman–Crippen LogP) is 1.79. The molecule has 3 rings (SSSR count). The number of benzene rings is 1. The first-order chi connectivity index (χ1) is 10.9. The van der Waals surface area contributed by atoms with Crippen LogP contribution in [0.4, 0.5) is 5.13 Å². The zero-order valence-electron chi connectivity index (χ0n) is 13.5. The van der Waals surface area contributed by atoms with Crippen molar-refractivity contribution < 1.29 is 9.59 Å². The lowest BCUT2D eigenvalue weighted by molar-refractivity contribution is -0.147. The van der Waals surface area contributed by atoms with Crippen molar-refractivity contribution in [3.8, 4) is 0 Å². The minimum absolute atomic E-state index is 0.0385. The molecule has 0 aliphatic carbocycles. The Morgan fingerprint density at radius 3 is 2.83 bits per heavy atom. The molecule has 1 aliphatic rings. The Morgan fingerprint density at radius 1 is 1.35 bits per heavy atom. The first kappa shape index (κ1) is 15.9. The molecule has 23 heavy (non-hydrogen) atoms. The van der Waals surface area contributed by atoms with Crippen LogP contribution >= 0.6 is 11.3 Å². The van der Waals surface area contributed by atoms with Gasteiger partial charge in [0.1, 0.15) is 0 Å². The highest BCUT2D eigenvalue weighted by Crippen LogP contribution is 2.26. The average Bonchev–Trinajstić information content (AvgIpc) is 2.90. The molecule has 1 saturated heterocycles. The number of carbonyl (C=O) groups is 2. The monoisotopic (exact) mass is 332 g/mol. The van der Waals surface area contributed by atoms with E-state index in [-0.39, 0.29) is 18.4 Å². The number of fused-ring (bicyclic) bond motifs is 1. The minimum atomic E-state index is -0.669. The Kier molecular flexibility index (Phi) is 4.08. The highest BCUT2D eigenvalue weighted by molar-refractivity contribution is 7.22. The third-order valence-corrected chi connectivity index (χ3v) is 5.19. The summed E-state index contributed by atoms with van der Waals surface area (Å²) in [5, 5.41) is 3.44. The summed E-state index contributed by atoms with van der Waals surface area (Å²) in [6.07, 6.45) is 0. The molecule has 0 unspecified atom stereocenters. The van der Waals surface area contributed by atoms with Gasteiger partial charge in [0.15, 0.2) is 5.13 Å². The van der Waals surface area contributed by atoms with Gasteiger partial charge in [-0.05, 0) is 26.0 Å². The van der Waals surface area contributed by atoms with Crippen molar-refractivity contribution in [2.45, 2.75) is 19.4 Å². The second-order valence-electron chi connectivity index (χ2n) is 6.24. The summed E-state index contributed by atoms with van der Waals surface area (Å²) in [4.78, 5) is 32.6. The number of hydrogen-bond acceptors (Lipinski definition) is 5. The molecule has 0 bridgehead atoms. The van der Waals surface area contributed by atoms with Crippen LogP contribution in [0.15, 0.2) is 24.3 Å². The molecule has 2 aromatic rings. The maximum atomic E-state index is 12.3. The van der Waals surface area contributed by atoms with Crippen molar-refractivity contribution in [2.24, 2.45) is 0 Å². The molecule has 0 saturated carbocycles. The summed E-state index contributed by atoms with van der Waals surface area (Å²) in [6.45, 7) is 5.22. The molecule has 1 N–H and O–H groups in total. The van der Waals surface area contributed by atoms with Crippen LogP contribution in [0.5, 0.6) is 0 Å². The zero-order valence-corrected chi connectivity index (χ0v) is 14.3. The van der Waals surface area contributed by atoms with Crippen LogP contribution in [0.25, 0.3) is 10.2 Å². The lowest BCUT2D eigenvalue weighted by Gasteiger charge is -2.44. The molecule has 0 atom stereocenters. The van der Waals surface area contributed by atoms with Gasteiger partial charge in [-0.1, -0.05) is 23.5 Å². The van der Waals surface area contributed by atoms with E-state index in [9.17, 15) is 9.59 Å². The van der Waals surface area contributed by atoms with Gasteiger partial charge < -0.3 is 10.2 Å². The molecule has 6 nitrogen and oxygen atoms in total. The molecule has 1 fully saturated rings. The fourth-order valence-electron chi connectivity index (χ4n) is 2.79. The molecule has 1 aliphatic heterocycles. The second-order valence-corrected chi connectivity index (χ2v) is 7.27. The summed E-state index contributed by atoms with van der Waals surface area (Å²) in [6, 6.07) is 7.77. The van der Waals surface area contributed by atoms with E-state index in [1.54, 1.807) is 11.9 Å². The van der Waals surface area contributed by atoms with E-state index in [1.165, 1.54) is 11.3 Å². The van der Waals surface area contributed by atoms with Gasteiger partial charge in [-0.2, -0.15) is 0 Å². The van der Waals surface area contributed by atoms with E-state index in [4.69, 9.17) is 0 Å². The lowest BCUT2D eigenvalue weighted by Crippen LogP contribution is -2.63. The maximum absolute atomic E-state index is 12.3. The number of aromatic nitrogens is 1. The molecule has 1 aromatic heterocycles. The van der Waals surface area contributed by atoms with Gasteiger partial charge in [-0.15, -0.1) is 0 Å². The summed E-state index contributed by atoms with van der Waals surface area (Å²) in [5.41, 5.74) is 0.209. The standard InChI is InChI=1S/C16H20N4O2S/c1-16(2)14(22)19(3)8-9-20(16)10-13(21)18-15-17-11-6-4-5-7-12(11)23-15/h4-7H,8-10H2,1-3H3,(H,17,18,21). The van der Waals surface area contributed by atoms with Crippen molar-refractivity contribution in [2.75, 3.05) is 32.0 Å². The van der Waals surface area contributed by atoms with Crippen LogP contribution in [-0.4, -0.2) is 58.8 Å². The summed E-state index contributed by atoms with van der Waals surface area (Å²) >= 11 is 1.45. The number of nitrogens with zero attached hydrogens (tertiary/aromatic N) is 3. The van der Waals surface area contributed by atoms with E-state index in [0.29, 0.717) is 18.2 Å². The molecule has 2 amide bonds. The Labute approximate surface area is 139 Å². The number of carbonyl (C=O) groups excluding carboxylic acids is 2. The smallest absolute Gasteiger partial charge is 0.242 e. The Bertz CT molecular complexity index is 722. The molecule has 1 aromatic carbocycles. The highest BCUT2D eigenvalue weighted by atomic mass is 32.1. The lowest BCUT2D eigenvalue weighted by atomic mass is 9.98. The Balaban J connectivity index is 1.68. The van der Waals surface area contributed by atoms with Crippen LogP contribution in [0.2, 0.25) is 0 Å². The predicted molar refractivity (Wildman–Crippen MR) is 91.5 cm³/mol. The topological polar surface area (TPSA) is 65.5 Å². The number of likely N-dealkylation sites (N-methyl/N-ethyl adjacent to an activating group) is 1. The number of hydrogen-bond donors (Lipinski definition) is 1. The third-order valence-electron chi connectivity index (χ3n) is 4.24. The van der Waals surface area contributed by atoms with Crippen LogP contribution in [0.3, 0.4) is 0 Å². The van der Waals surface area contributed by atoms with Gasteiger partial charge in [-0.3, -0.25) is 14.5 Å². The number of anilines is 1. The van der Waals surface area contributed by atoms with Gasteiger partial charge >= 0.3 is 0 Å². The van der Waals surface area contributed by atoms with E-state index in [0.717, 1.165) is 10.2 Å². The van der Waals surface area contributed by atoms with Crippen LogP contribution in [0, 0.1) is 0 Å². The summed E-state index contributed by atoms with van der Waals surface area (Å²) < 4.78 is 1.04. The number of piperazine rings is 1. The Morgan fingerprint density at radius 2 is 2.09 bits per heavy atom. The Hall–Kier alpha value is -1.99. The van der Waals surface area contributed by atoms with Crippen molar-refractivity contribution in [1.82, 2.24) is 14.8 Å². The van der Waals surface area contributed by atoms with Gasteiger partial charge in [0, 0.05) is 20.1 Å². The molecule has 2 heterocycles. The number of rotatable bonds is 3. The summed E-state index contributed by atoms with van der Waals surface area (Å²) in [5.74, 6) is -0.106. The van der Waals surface area contributed by atoms with Crippen molar-refractivity contribution >= 4 is 38.5 Å². The molecule has 7 heteroatoms. The molecular weight excluding hydrogens is 312 g/mol. The maximum Gasteiger partial charge on any atom is 0.242 e. The SMILES string of the molecule is CN1CCN(CC(=O)Nc2nc3ccccc3s2)C(C)(C)C1=O. The van der Waals surface area contributed by atoms with Gasteiger partial charge in [0.2, 0.25) is 11.8 Å². The number of thiazole rings is 1. The van der Waals surface area contributed by atoms with E-state index in [1.807, 2.05) is 43.0 Å². The fraction of sp³-hybridized carbons (Fsp3) is 0.438. The second kappa shape index (κ2) is 5.90. The first-order valence-electron chi connectivity index (χ1n) is 7.54. The summed E-state index contributed by atoms with van der Waals surface area (Å²) in [7, 11) is 1.79. The first-order valence-corrected chi connectivity index (χ1v) is 8.35.